The first-order valence-electron chi connectivity index (χ1n) is 9.44. The van der Waals surface area contributed by atoms with Gasteiger partial charge in [-0.25, -0.2) is 8.78 Å². The van der Waals surface area contributed by atoms with Gasteiger partial charge in [-0.3, -0.25) is 4.79 Å². The summed E-state index contributed by atoms with van der Waals surface area (Å²) >= 11 is 1.04. The summed E-state index contributed by atoms with van der Waals surface area (Å²) in [5.41, 5.74) is 0.506. The highest BCUT2D eigenvalue weighted by Gasteiger charge is 2.14. The fraction of sp³-hybridized carbons (Fsp3) is 0.130. The topological polar surface area (TPSA) is 52.8 Å². The molecule has 8 heteroatoms. The molecule has 0 saturated carbocycles. The molecule has 0 bridgehead atoms. The molecule has 0 N–H and O–H groups in total. The molecule has 1 heterocycles. The van der Waals surface area contributed by atoms with Crippen LogP contribution in [-0.2, 0) is 11.3 Å². The number of halogens is 2. The number of carbonyl (C=O) groups is 1. The van der Waals surface area contributed by atoms with E-state index in [1.165, 1.54) is 17.7 Å². The first-order chi connectivity index (χ1) is 15.0. The molecule has 4 aromatic rings. The summed E-state index contributed by atoms with van der Waals surface area (Å²) < 4.78 is 40.8. The van der Waals surface area contributed by atoms with Crippen LogP contribution >= 0.6 is 11.3 Å². The Kier molecular flexibility index (Phi) is 6.20. The lowest BCUT2D eigenvalue weighted by Gasteiger charge is -2.06. The number of ether oxygens (including phenoxy) is 2. The number of benzene rings is 3. The maximum atomic E-state index is 14.4. The van der Waals surface area contributed by atoms with Crippen molar-refractivity contribution in [2.45, 2.75) is 6.54 Å². The van der Waals surface area contributed by atoms with Gasteiger partial charge in [0.05, 0.1) is 16.8 Å². The fourth-order valence-electron chi connectivity index (χ4n) is 3.07. The normalized spacial score (nSPS) is 11.8. The molecule has 0 unspecified atom stereocenters. The van der Waals surface area contributed by atoms with Crippen molar-refractivity contribution >= 4 is 27.5 Å². The van der Waals surface area contributed by atoms with Crippen LogP contribution in [-0.4, -0.2) is 24.2 Å². The Morgan fingerprint density at radius 1 is 1.03 bits per heavy atom. The number of hydrogen-bond acceptors (Lipinski definition) is 4. The minimum absolute atomic E-state index is 0.191. The van der Waals surface area contributed by atoms with Gasteiger partial charge in [0.1, 0.15) is 17.3 Å². The van der Waals surface area contributed by atoms with Crippen LogP contribution in [0.2, 0.25) is 0 Å². The maximum absolute atomic E-state index is 14.4. The van der Waals surface area contributed by atoms with Crippen molar-refractivity contribution in [2.75, 3.05) is 13.7 Å². The van der Waals surface area contributed by atoms with Crippen molar-refractivity contribution in [3.63, 3.8) is 0 Å². The van der Waals surface area contributed by atoms with Crippen LogP contribution in [0.25, 0.3) is 10.2 Å². The van der Waals surface area contributed by atoms with Gasteiger partial charge >= 0.3 is 0 Å². The lowest BCUT2D eigenvalue weighted by molar-refractivity contribution is 0.0997. The molecule has 0 atom stereocenters. The molecule has 1 aromatic heterocycles. The zero-order valence-electron chi connectivity index (χ0n) is 16.5. The van der Waals surface area contributed by atoms with E-state index in [0.717, 1.165) is 17.4 Å². The number of amides is 1. The third-order valence-corrected chi connectivity index (χ3v) is 5.50. The highest BCUT2D eigenvalue weighted by atomic mass is 32.1. The van der Waals surface area contributed by atoms with Gasteiger partial charge < -0.3 is 14.0 Å². The first kappa shape index (κ1) is 20.9. The van der Waals surface area contributed by atoms with Crippen LogP contribution in [0.1, 0.15) is 10.4 Å². The molecule has 3 aromatic carbocycles. The highest BCUT2D eigenvalue weighted by Crippen LogP contribution is 2.24. The predicted octanol–water partition coefficient (Wildman–Crippen LogP) is 5.16. The number of thiazole rings is 1. The zero-order chi connectivity index (χ0) is 21.8. The minimum atomic E-state index is -0.713. The lowest BCUT2D eigenvalue weighted by Crippen LogP contribution is -2.20. The number of fused-ring (bicyclic) bond motifs is 1. The summed E-state index contributed by atoms with van der Waals surface area (Å²) in [7, 11) is 1.52. The SMILES string of the molecule is COCCn1c(=NC(=O)c2cccc(Oc3ccccc3)c2)sc2cc(F)cc(F)c21. The van der Waals surface area contributed by atoms with E-state index in [9.17, 15) is 13.6 Å². The predicted molar refractivity (Wildman–Crippen MR) is 114 cm³/mol. The Hall–Kier alpha value is -3.36. The highest BCUT2D eigenvalue weighted by molar-refractivity contribution is 7.16. The van der Waals surface area contributed by atoms with E-state index >= 15 is 0 Å². The van der Waals surface area contributed by atoms with Gasteiger partial charge in [0, 0.05) is 25.3 Å². The molecule has 0 radical (unpaired) electrons. The summed E-state index contributed by atoms with van der Waals surface area (Å²) in [6.07, 6.45) is 0. The van der Waals surface area contributed by atoms with E-state index in [1.54, 1.807) is 24.3 Å². The third kappa shape index (κ3) is 4.70. The second-order valence-electron chi connectivity index (χ2n) is 6.62. The smallest absolute Gasteiger partial charge is 0.279 e. The number of hydrogen-bond donors (Lipinski definition) is 0. The van der Waals surface area contributed by atoms with Gasteiger partial charge in [-0.15, -0.1) is 0 Å². The molecule has 158 valence electrons. The van der Waals surface area contributed by atoms with Gasteiger partial charge in [0.25, 0.3) is 5.91 Å². The second kappa shape index (κ2) is 9.20. The first-order valence-corrected chi connectivity index (χ1v) is 10.3. The fourth-order valence-corrected chi connectivity index (χ4v) is 4.17. The number of nitrogens with zero attached hydrogens (tertiary/aromatic N) is 2. The Balaban J connectivity index is 1.72. The van der Waals surface area contributed by atoms with Gasteiger partial charge in [-0.1, -0.05) is 35.6 Å². The summed E-state index contributed by atoms with van der Waals surface area (Å²) in [6, 6.07) is 17.9. The Labute approximate surface area is 180 Å². The van der Waals surface area contributed by atoms with Gasteiger partial charge in [-0.05, 0) is 36.4 Å². The van der Waals surface area contributed by atoms with E-state index in [0.29, 0.717) is 21.8 Å². The van der Waals surface area contributed by atoms with Crippen LogP contribution < -0.4 is 9.54 Å². The molecule has 4 rings (SSSR count). The number of para-hydroxylation sites is 1. The molecule has 0 aliphatic carbocycles. The number of carbonyl (C=O) groups excluding carboxylic acids is 1. The summed E-state index contributed by atoms with van der Waals surface area (Å²) in [6.45, 7) is 0.548. The molecule has 0 saturated heterocycles. The van der Waals surface area contributed by atoms with Crippen molar-refractivity contribution in [2.24, 2.45) is 4.99 Å². The van der Waals surface area contributed by atoms with E-state index < -0.39 is 17.5 Å². The molecular weight excluding hydrogens is 422 g/mol. The van der Waals surface area contributed by atoms with Crippen LogP contribution in [0.15, 0.2) is 71.7 Å². The van der Waals surface area contributed by atoms with Crippen molar-refractivity contribution in [3.05, 3.63) is 88.7 Å². The van der Waals surface area contributed by atoms with E-state index in [4.69, 9.17) is 9.47 Å². The van der Waals surface area contributed by atoms with Gasteiger partial charge in [0.15, 0.2) is 10.6 Å². The Bertz CT molecular complexity index is 1300. The average molecular weight is 440 g/mol. The maximum Gasteiger partial charge on any atom is 0.279 e. The van der Waals surface area contributed by atoms with E-state index in [2.05, 4.69) is 4.99 Å². The monoisotopic (exact) mass is 440 g/mol. The van der Waals surface area contributed by atoms with Crippen LogP contribution in [0.5, 0.6) is 11.5 Å². The van der Waals surface area contributed by atoms with Crippen molar-refractivity contribution in [3.8, 4) is 11.5 Å². The molecular formula is C23H18F2N2O3S. The lowest BCUT2D eigenvalue weighted by atomic mass is 10.2. The van der Waals surface area contributed by atoms with Crippen LogP contribution in [0.3, 0.4) is 0 Å². The largest absolute Gasteiger partial charge is 0.457 e. The molecule has 5 nitrogen and oxygen atoms in total. The van der Waals surface area contributed by atoms with Crippen molar-refractivity contribution < 1.29 is 23.0 Å². The second-order valence-corrected chi connectivity index (χ2v) is 7.63. The van der Waals surface area contributed by atoms with Gasteiger partial charge in [-0.2, -0.15) is 4.99 Å². The number of rotatable bonds is 6. The summed E-state index contributed by atoms with van der Waals surface area (Å²) in [5.74, 6) is -0.784. The molecule has 0 aliphatic heterocycles. The quantitative estimate of drug-likeness (QED) is 0.416. The minimum Gasteiger partial charge on any atom is -0.457 e. The van der Waals surface area contributed by atoms with Crippen molar-refractivity contribution in [1.29, 1.82) is 0 Å². The number of aromatic nitrogens is 1. The van der Waals surface area contributed by atoms with Crippen molar-refractivity contribution in [1.82, 2.24) is 4.57 Å². The number of methoxy groups -OCH3 is 1. The molecule has 0 aliphatic rings. The molecule has 0 spiro atoms. The third-order valence-electron chi connectivity index (χ3n) is 4.47. The molecule has 31 heavy (non-hydrogen) atoms. The summed E-state index contributed by atoms with van der Waals surface area (Å²) in [4.78, 5) is 17.3. The van der Waals surface area contributed by atoms with E-state index in [-0.39, 0.29) is 23.5 Å². The zero-order valence-corrected chi connectivity index (χ0v) is 17.4. The molecule has 0 fully saturated rings. The van der Waals surface area contributed by atoms with Gasteiger partial charge in [0.2, 0.25) is 0 Å². The molecule has 1 amide bonds. The van der Waals surface area contributed by atoms with E-state index in [1.807, 2.05) is 30.3 Å². The van der Waals surface area contributed by atoms with Crippen LogP contribution in [0, 0.1) is 11.6 Å². The van der Waals surface area contributed by atoms with Crippen LogP contribution in [0.4, 0.5) is 8.78 Å². The Morgan fingerprint density at radius 2 is 1.81 bits per heavy atom. The average Bonchev–Trinajstić information content (AvgIpc) is 3.10. The summed E-state index contributed by atoms with van der Waals surface area (Å²) in [5, 5.41) is 0. The Morgan fingerprint density at radius 3 is 2.58 bits per heavy atom. The standard InChI is InChI=1S/C23H18F2N2O3S/c1-29-11-10-27-21-19(25)13-16(24)14-20(21)31-23(27)26-22(28)15-6-5-9-18(12-15)30-17-7-3-2-4-8-17/h2-9,12-14H,10-11H2,1H3.